The molecule has 0 amide bonds. The normalized spacial score (nSPS) is 17.8. The Hall–Kier alpha value is -3.16. The van der Waals surface area contributed by atoms with Gasteiger partial charge in [-0.15, -0.1) is 0 Å². The van der Waals surface area contributed by atoms with Gasteiger partial charge in [-0.25, -0.2) is 4.98 Å². The molecule has 1 saturated heterocycles. The lowest BCUT2D eigenvalue weighted by Gasteiger charge is -2.33. The van der Waals surface area contributed by atoms with Gasteiger partial charge in [0.1, 0.15) is 11.6 Å². The van der Waals surface area contributed by atoms with Crippen molar-refractivity contribution in [3.05, 3.63) is 45.9 Å². The molecule has 0 aliphatic carbocycles. The summed E-state index contributed by atoms with van der Waals surface area (Å²) in [4.78, 5) is 16.3. The Bertz CT molecular complexity index is 873. The van der Waals surface area contributed by atoms with Crippen molar-refractivity contribution >= 4 is 11.5 Å². The Morgan fingerprint density at radius 1 is 1.38 bits per heavy atom. The molecule has 26 heavy (non-hydrogen) atoms. The molecule has 0 saturated carbocycles. The fourth-order valence-corrected chi connectivity index (χ4v) is 3.00. The predicted octanol–water partition coefficient (Wildman–Crippen LogP) is 2.92. The molecule has 8 nitrogen and oxygen atoms in total. The summed E-state index contributed by atoms with van der Waals surface area (Å²) in [5.74, 6) is 0.0435. The summed E-state index contributed by atoms with van der Waals surface area (Å²) < 4.78 is 39.4. The van der Waals surface area contributed by atoms with E-state index >= 15 is 0 Å². The number of hydrogen-bond acceptors (Lipinski definition) is 6. The molecule has 0 bridgehead atoms. The molecule has 2 aromatic heterocycles. The zero-order valence-electron chi connectivity index (χ0n) is 13.3. The number of rotatable bonds is 3. The van der Waals surface area contributed by atoms with Crippen molar-refractivity contribution in [2.24, 2.45) is 0 Å². The van der Waals surface area contributed by atoms with Crippen LogP contribution in [0.2, 0.25) is 0 Å². The van der Waals surface area contributed by atoms with Gasteiger partial charge in [0.15, 0.2) is 5.69 Å². The zero-order chi connectivity index (χ0) is 18.9. The highest BCUT2D eigenvalue weighted by Gasteiger charge is 2.35. The van der Waals surface area contributed by atoms with Crippen molar-refractivity contribution in [1.29, 1.82) is 5.26 Å². The van der Waals surface area contributed by atoms with Gasteiger partial charge < -0.3 is 4.90 Å². The molecular weight excluding hydrogens is 353 g/mol. The highest BCUT2D eigenvalue weighted by molar-refractivity contribution is 5.65. The van der Waals surface area contributed by atoms with E-state index in [4.69, 9.17) is 5.26 Å². The minimum absolute atomic E-state index is 0.0435. The van der Waals surface area contributed by atoms with Crippen LogP contribution < -0.4 is 4.90 Å². The van der Waals surface area contributed by atoms with E-state index in [1.54, 1.807) is 11.0 Å². The highest BCUT2D eigenvalue weighted by atomic mass is 19.4. The molecule has 0 N–H and O–H groups in total. The minimum atomic E-state index is -4.53. The summed E-state index contributed by atoms with van der Waals surface area (Å²) in [5.41, 5.74) is -1.49. The van der Waals surface area contributed by atoms with Gasteiger partial charge in [-0.05, 0) is 25.0 Å². The van der Waals surface area contributed by atoms with E-state index in [0.717, 1.165) is 6.07 Å². The highest BCUT2D eigenvalue weighted by Crippen LogP contribution is 2.34. The van der Waals surface area contributed by atoms with Crippen LogP contribution in [0.3, 0.4) is 0 Å². The van der Waals surface area contributed by atoms with Crippen LogP contribution in [0.1, 0.15) is 30.1 Å². The molecule has 2 aromatic rings. The van der Waals surface area contributed by atoms with Gasteiger partial charge >= 0.3 is 11.9 Å². The number of aromatic nitrogens is 3. The summed E-state index contributed by atoms with van der Waals surface area (Å²) in [6.45, 7) is 0.661. The number of anilines is 1. The fraction of sp³-hybridized carbons (Fsp3) is 0.400. The van der Waals surface area contributed by atoms with Gasteiger partial charge in [0, 0.05) is 25.5 Å². The molecule has 0 spiro atoms. The van der Waals surface area contributed by atoms with Crippen molar-refractivity contribution in [2.45, 2.75) is 25.1 Å². The first-order chi connectivity index (χ1) is 12.3. The lowest BCUT2D eigenvalue weighted by molar-refractivity contribution is -0.384. The van der Waals surface area contributed by atoms with Crippen LogP contribution in [0.4, 0.5) is 24.7 Å². The van der Waals surface area contributed by atoms with Gasteiger partial charge in [0.05, 0.1) is 11.0 Å². The maximum Gasteiger partial charge on any atom is 0.435 e. The topological polar surface area (TPSA) is 101 Å². The van der Waals surface area contributed by atoms with Gasteiger partial charge in [0.25, 0.3) is 0 Å². The van der Waals surface area contributed by atoms with E-state index in [1.807, 2.05) is 0 Å². The van der Waals surface area contributed by atoms with Crippen LogP contribution in [0.15, 0.2) is 24.5 Å². The second-order valence-corrected chi connectivity index (χ2v) is 5.82. The quantitative estimate of drug-likeness (QED) is 0.611. The molecule has 136 valence electrons. The maximum absolute atomic E-state index is 12.7. The van der Waals surface area contributed by atoms with E-state index in [-0.39, 0.29) is 24.0 Å². The Kier molecular flexibility index (Phi) is 4.50. The Balaban J connectivity index is 1.89. The zero-order valence-corrected chi connectivity index (χ0v) is 13.3. The number of nitriles is 1. The van der Waals surface area contributed by atoms with E-state index in [0.29, 0.717) is 19.4 Å². The lowest BCUT2D eigenvalue weighted by atomic mass is 10.1. The van der Waals surface area contributed by atoms with Crippen LogP contribution in [0.5, 0.6) is 0 Å². The van der Waals surface area contributed by atoms with E-state index < -0.39 is 22.5 Å². The average Bonchev–Trinajstić information content (AvgIpc) is 3.11. The lowest BCUT2D eigenvalue weighted by Crippen LogP contribution is -2.37. The predicted molar refractivity (Wildman–Crippen MR) is 83.3 cm³/mol. The largest absolute Gasteiger partial charge is 0.435 e. The summed E-state index contributed by atoms with van der Waals surface area (Å²) in [7, 11) is 0. The minimum Gasteiger partial charge on any atom is -0.349 e. The van der Waals surface area contributed by atoms with Gasteiger partial charge in [-0.2, -0.15) is 23.5 Å². The van der Waals surface area contributed by atoms with E-state index in [1.165, 1.54) is 23.1 Å². The van der Waals surface area contributed by atoms with Crippen LogP contribution >= 0.6 is 0 Å². The molecule has 0 aromatic carbocycles. The number of hydrogen-bond donors (Lipinski definition) is 0. The SMILES string of the molecule is N#Cc1ccnc(N2CCCC(n3ccc(C(F)(F)F)n3)C2)c1[N+](=O)[O-]. The number of halogens is 3. The molecule has 0 radical (unpaired) electrons. The van der Waals surface area contributed by atoms with Gasteiger partial charge in [-0.1, -0.05) is 0 Å². The average molecular weight is 366 g/mol. The van der Waals surface area contributed by atoms with Crippen LogP contribution in [-0.2, 0) is 6.18 Å². The Labute approximate surface area is 145 Å². The van der Waals surface area contributed by atoms with Gasteiger partial charge in [-0.3, -0.25) is 14.8 Å². The molecule has 1 aliphatic rings. The molecule has 1 unspecified atom stereocenters. The second-order valence-electron chi connectivity index (χ2n) is 5.82. The van der Waals surface area contributed by atoms with E-state index in [2.05, 4.69) is 10.1 Å². The summed E-state index contributed by atoms with van der Waals surface area (Å²) in [5, 5.41) is 24.0. The van der Waals surface area contributed by atoms with Crippen molar-refractivity contribution in [3.8, 4) is 6.07 Å². The number of piperidine rings is 1. The van der Waals surface area contributed by atoms with Crippen molar-refractivity contribution in [2.75, 3.05) is 18.0 Å². The molecule has 1 atom stereocenters. The monoisotopic (exact) mass is 366 g/mol. The maximum atomic E-state index is 12.7. The molecule has 3 heterocycles. The third-order valence-electron chi connectivity index (χ3n) is 4.18. The number of pyridine rings is 1. The molecule has 3 rings (SSSR count). The Morgan fingerprint density at radius 3 is 2.77 bits per heavy atom. The first-order valence-corrected chi connectivity index (χ1v) is 7.72. The number of nitro groups is 1. The molecule has 1 fully saturated rings. The molecule has 1 aliphatic heterocycles. The van der Waals surface area contributed by atoms with E-state index in [9.17, 15) is 23.3 Å². The molecular formula is C15H13F3N6O2. The van der Waals surface area contributed by atoms with Gasteiger partial charge in [0.2, 0.25) is 5.82 Å². The summed E-state index contributed by atoms with van der Waals surface area (Å²) >= 11 is 0. The van der Waals surface area contributed by atoms with Crippen molar-refractivity contribution in [3.63, 3.8) is 0 Å². The summed E-state index contributed by atoms with van der Waals surface area (Å²) in [6.07, 6.45) is -0.783. The smallest absolute Gasteiger partial charge is 0.349 e. The van der Waals surface area contributed by atoms with Crippen LogP contribution in [0, 0.1) is 21.4 Å². The Morgan fingerprint density at radius 2 is 2.15 bits per heavy atom. The third kappa shape index (κ3) is 3.30. The second kappa shape index (κ2) is 6.62. The molecule has 11 heteroatoms. The standard InChI is InChI=1S/C15H13F3N6O2/c16-15(17,18)12-4-7-23(21-12)11-2-1-6-22(9-11)14-13(24(25)26)10(8-19)3-5-20-14/h3-5,7,11H,1-2,6,9H2. The first-order valence-electron chi connectivity index (χ1n) is 7.72. The van der Waals surface area contributed by atoms with Crippen LogP contribution in [0.25, 0.3) is 0 Å². The van der Waals surface area contributed by atoms with Crippen LogP contribution in [-0.4, -0.2) is 32.8 Å². The van der Waals surface area contributed by atoms with Crippen molar-refractivity contribution < 1.29 is 18.1 Å². The summed E-state index contributed by atoms with van der Waals surface area (Å²) in [6, 6.07) is 3.54. The first kappa shape index (κ1) is 17.7. The third-order valence-corrected chi connectivity index (χ3v) is 4.18. The fourth-order valence-electron chi connectivity index (χ4n) is 3.00. The number of nitrogens with zero attached hydrogens (tertiary/aromatic N) is 6. The van der Waals surface area contributed by atoms with Crippen molar-refractivity contribution in [1.82, 2.24) is 14.8 Å². The number of alkyl halides is 3.